The van der Waals surface area contributed by atoms with Crippen LogP contribution in [0.4, 0.5) is 0 Å². The fourth-order valence-corrected chi connectivity index (χ4v) is 2.14. The molecule has 1 aromatic heterocycles. The number of nitrogens with zero attached hydrogens (tertiary/aromatic N) is 1. The van der Waals surface area contributed by atoms with E-state index >= 15 is 0 Å². The first-order valence-electron chi connectivity index (χ1n) is 6.41. The molecule has 0 aliphatic carbocycles. The van der Waals surface area contributed by atoms with E-state index in [0.717, 1.165) is 5.56 Å². The molecule has 0 aliphatic rings. The largest absolute Gasteiger partial charge is 0.502 e. The van der Waals surface area contributed by atoms with Gasteiger partial charge in [0, 0.05) is 24.8 Å². The van der Waals surface area contributed by atoms with Crippen LogP contribution >= 0.6 is 11.6 Å². The number of amides is 1. The molecular formula is C15H15ClN2O3. The molecule has 21 heavy (non-hydrogen) atoms. The van der Waals surface area contributed by atoms with Crippen molar-refractivity contribution in [2.45, 2.75) is 6.42 Å². The van der Waals surface area contributed by atoms with Crippen LogP contribution in [-0.4, -0.2) is 22.1 Å². The molecule has 0 unspecified atom stereocenters. The molecule has 2 N–H and O–H groups in total. The third kappa shape index (κ3) is 3.44. The number of halogens is 1. The highest BCUT2D eigenvalue weighted by Gasteiger charge is 2.14. The summed E-state index contributed by atoms with van der Waals surface area (Å²) in [6.45, 7) is 0.358. The van der Waals surface area contributed by atoms with E-state index in [2.05, 4.69) is 5.32 Å². The molecule has 110 valence electrons. The van der Waals surface area contributed by atoms with Crippen LogP contribution in [0.25, 0.3) is 0 Å². The first-order chi connectivity index (χ1) is 10.0. The molecular weight excluding hydrogens is 292 g/mol. The molecule has 0 spiro atoms. The third-order valence-electron chi connectivity index (χ3n) is 3.13. The van der Waals surface area contributed by atoms with Gasteiger partial charge >= 0.3 is 0 Å². The summed E-state index contributed by atoms with van der Waals surface area (Å²) in [6, 6.07) is 8.77. The SMILES string of the molecule is Cn1ccc(C(=O)NCCc2ccccc2Cl)c(O)c1=O. The van der Waals surface area contributed by atoms with Crippen LogP contribution in [-0.2, 0) is 13.5 Å². The molecule has 2 rings (SSSR count). The molecule has 6 heteroatoms. The van der Waals surface area contributed by atoms with E-state index in [1.54, 1.807) is 6.07 Å². The summed E-state index contributed by atoms with van der Waals surface area (Å²) in [5.41, 5.74) is 0.290. The van der Waals surface area contributed by atoms with Crippen molar-refractivity contribution in [3.63, 3.8) is 0 Å². The molecule has 0 aliphatic heterocycles. The van der Waals surface area contributed by atoms with Crippen LogP contribution < -0.4 is 10.9 Å². The van der Waals surface area contributed by atoms with E-state index < -0.39 is 17.2 Å². The Hall–Kier alpha value is -2.27. The molecule has 0 fully saturated rings. The minimum Gasteiger partial charge on any atom is -0.502 e. The topological polar surface area (TPSA) is 71.3 Å². The Bertz CT molecular complexity index is 725. The number of carbonyl (C=O) groups is 1. The van der Waals surface area contributed by atoms with Gasteiger partial charge in [-0.3, -0.25) is 9.59 Å². The summed E-state index contributed by atoms with van der Waals surface area (Å²) in [5, 5.41) is 13.0. The summed E-state index contributed by atoms with van der Waals surface area (Å²) in [7, 11) is 1.50. The zero-order chi connectivity index (χ0) is 15.4. The van der Waals surface area contributed by atoms with Gasteiger partial charge in [0.05, 0.1) is 5.56 Å². The van der Waals surface area contributed by atoms with Crippen LogP contribution in [0.2, 0.25) is 5.02 Å². The molecule has 0 atom stereocenters. The average Bonchev–Trinajstić information content (AvgIpc) is 2.47. The van der Waals surface area contributed by atoms with Crippen LogP contribution in [0.3, 0.4) is 0 Å². The van der Waals surface area contributed by atoms with Crippen molar-refractivity contribution in [1.82, 2.24) is 9.88 Å². The van der Waals surface area contributed by atoms with Crippen molar-refractivity contribution in [2.75, 3.05) is 6.54 Å². The van der Waals surface area contributed by atoms with Crippen molar-refractivity contribution in [2.24, 2.45) is 7.05 Å². The van der Waals surface area contributed by atoms with Crippen molar-refractivity contribution in [3.05, 3.63) is 63.0 Å². The van der Waals surface area contributed by atoms with E-state index in [9.17, 15) is 14.7 Å². The van der Waals surface area contributed by atoms with Gasteiger partial charge in [-0.25, -0.2) is 0 Å². The number of aromatic nitrogens is 1. The number of benzene rings is 1. The predicted octanol–water partition coefficient (Wildman–Crippen LogP) is 1.72. The maximum atomic E-state index is 12.0. The lowest BCUT2D eigenvalue weighted by Gasteiger charge is -2.08. The fourth-order valence-electron chi connectivity index (χ4n) is 1.91. The zero-order valence-electron chi connectivity index (χ0n) is 11.5. The van der Waals surface area contributed by atoms with E-state index in [0.29, 0.717) is 18.0 Å². The molecule has 5 nitrogen and oxygen atoms in total. The second-order valence-electron chi connectivity index (χ2n) is 4.59. The summed E-state index contributed by atoms with van der Waals surface area (Å²) in [6.07, 6.45) is 2.00. The van der Waals surface area contributed by atoms with E-state index in [4.69, 9.17) is 11.6 Å². The van der Waals surface area contributed by atoms with Gasteiger partial charge in [0.1, 0.15) is 0 Å². The molecule has 0 saturated carbocycles. The summed E-state index contributed by atoms with van der Waals surface area (Å²) >= 11 is 6.02. The lowest BCUT2D eigenvalue weighted by molar-refractivity contribution is 0.0951. The summed E-state index contributed by atoms with van der Waals surface area (Å²) in [4.78, 5) is 23.5. The summed E-state index contributed by atoms with van der Waals surface area (Å²) < 4.78 is 1.20. The van der Waals surface area contributed by atoms with Gasteiger partial charge in [0.25, 0.3) is 11.5 Å². The monoisotopic (exact) mass is 306 g/mol. The Morgan fingerprint density at radius 3 is 2.76 bits per heavy atom. The van der Waals surface area contributed by atoms with Crippen molar-refractivity contribution < 1.29 is 9.90 Å². The van der Waals surface area contributed by atoms with Crippen molar-refractivity contribution >= 4 is 17.5 Å². The van der Waals surface area contributed by atoms with Gasteiger partial charge in [-0.1, -0.05) is 29.8 Å². The molecule has 0 bridgehead atoms. The van der Waals surface area contributed by atoms with Crippen LogP contribution in [0.1, 0.15) is 15.9 Å². The average molecular weight is 307 g/mol. The maximum Gasteiger partial charge on any atom is 0.293 e. The van der Waals surface area contributed by atoms with Gasteiger partial charge < -0.3 is 15.0 Å². The molecule has 2 aromatic rings. The van der Waals surface area contributed by atoms with Gasteiger partial charge in [-0.2, -0.15) is 0 Å². The Balaban J connectivity index is 2.02. The quantitative estimate of drug-likeness (QED) is 0.903. The number of carbonyl (C=O) groups excluding carboxylic acids is 1. The van der Waals surface area contributed by atoms with Gasteiger partial charge in [0.15, 0.2) is 5.75 Å². The first-order valence-corrected chi connectivity index (χ1v) is 6.78. The van der Waals surface area contributed by atoms with Gasteiger partial charge in [0.2, 0.25) is 0 Å². The Kier molecular flexibility index (Phi) is 4.65. The Labute approximate surface area is 126 Å². The van der Waals surface area contributed by atoms with Crippen molar-refractivity contribution in [1.29, 1.82) is 0 Å². The van der Waals surface area contributed by atoms with E-state index in [1.807, 2.05) is 18.2 Å². The minimum atomic E-state index is -0.603. The lowest BCUT2D eigenvalue weighted by atomic mass is 10.1. The highest BCUT2D eigenvalue weighted by atomic mass is 35.5. The smallest absolute Gasteiger partial charge is 0.293 e. The number of hydrogen-bond acceptors (Lipinski definition) is 3. The van der Waals surface area contributed by atoms with Crippen LogP contribution in [0.15, 0.2) is 41.3 Å². The van der Waals surface area contributed by atoms with Crippen molar-refractivity contribution in [3.8, 4) is 5.75 Å². The first kappa shape index (κ1) is 15.1. The minimum absolute atomic E-state index is 0.0303. The molecule has 0 saturated heterocycles. The van der Waals surface area contributed by atoms with Crippen LogP contribution in [0, 0.1) is 0 Å². The number of nitrogens with one attached hydrogen (secondary N) is 1. The fraction of sp³-hybridized carbons (Fsp3) is 0.200. The normalized spacial score (nSPS) is 10.4. The second kappa shape index (κ2) is 6.45. The highest BCUT2D eigenvalue weighted by Crippen LogP contribution is 2.15. The molecule has 1 heterocycles. The van der Waals surface area contributed by atoms with Gasteiger partial charge in [-0.15, -0.1) is 0 Å². The predicted molar refractivity (Wildman–Crippen MR) is 80.8 cm³/mol. The number of aromatic hydroxyl groups is 1. The maximum absolute atomic E-state index is 12.0. The van der Waals surface area contributed by atoms with E-state index in [-0.39, 0.29) is 5.56 Å². The molecule has 1 aromatic carbocycles. The highest BCUT2D eigenvalue weighted by molar-refractivity contribution is 6.31. The van der Waals surface area contributed by atoms with Gasteiger partial charge in [-0.05, 0) is 24.1 Å². The van der Waals surface area contributed by atoms with Crippen LogP contribution in [0.5, 0.6) is 5.75 Å². The zero-order valence-corrected chi connectivity index (χ0v) is 12.2. The van der Waals surface area contributed by atoms with E-state index in [1.165, 1.54) is 23.9 Å². The summed E-state index contributed by atoms with van der Waals surface area (Å²) in [5.74, 6) is -1.03. The molecule has 1 amide bonds. The lowest BCUT2D eigenvalue weighted by Crippen LogP contribution is -2.28. The number of hydrogen-bond donors (Lipinski definition) is 2. The Morgan fingerprint density at radius 1 is 1.33 bits per heavy atom. The third-order valence-corrected chi connectivity index (χ3v) is 3.49. The number of aryl methyl sites for hydroxylation is 1. The standard InChI is InChI=1S/C15H15ClN2O3/c1-18-9-7-11(13(19)15(18)21)14(20)17-8-6-10-4-2-3-5-12(10)16/h2-5,7,9,19H,6,8H2,1H3,(H,17,20). The number of rotatable bonds is 4. The number of pyridine rings is 1. The molecule has 0 radical (unpaired) electrons. The Morgan fingerprint density at radius 2 is 2.05 bits per heavy atom. The second-order valence-corrected chi connectivity index (χ2v) is 5.00.